The number of rotatable bonds is 7. The van der Waals surface area contributed by atoms with Crippen molar-refractivity contribution in [1.29, 1.82) is 0 Å². The van der Waals surface area contributed by atoms with Gasteiger partial charge in [0.05, 0.1) is 18.8 Å². The molecule has 0 radical (unpaired) electrons. The number of hydrogen-bond acceptors (Lipinski definition) is 6. The maximum absolute atomic E-state index is 13.1. The standard InChI is InChI=1S/C28H25N5O5/c1-16-4-10-23-22(12-16)25-26(31-23)27(35)33(28(36)32-25)29-14-18-5-11-24(37-3)19(13-18)15-38-21-8-6-20(7-9-21)30-17(2)34/h4-14,31H,15H2,1-3H3,(H,30,34)(H,32,36). The first kappa shape index (κ1) is 24.6. The Kier molecular flexibility index (Phi) is 6.53. The Morgan fingerprint density at radius 1 is 1.03 bits per heavy atom. The fourth-order valence-electron chi connectivity index (χ4n) is 4.17. The van der Waals surface area contributed by atoms with Crippen LogP contribution in [-0.2, 0) is 11.4 Å². The molecule has 0 unspecified atom stereocenters. The van der Waals surface area contributed by atoms with Crippen molar-refractivity contribution in [2.75, 3.05) is 12.4 Å². The molecule has 192 valence electrons. The highest BCUT2D eigenvalue weighted by Crippen LogP contribution is 2.24. The van der Waals surface area contributed by atoms with Crippen molar-refractivity contribution in [1.82, 2.24) is 14.6 Å². The number of nitrogens with one attached hydrogen (secondary N) is 3. The molecule has 0 aliphatic rings. The molecule has 3 aromatic carbocycles. The number of methoxy groups -OCH3 is 1. The van der Waals surface area contributed by atoms with Crippen molar-refractivity contribution >= 4 is 39.7 Å². The van der Waals surface area contributed by atoms with Gasteiger partial charge in [0.2, 0.25) is 5.91 Å². The van der Waals surface area contributed by atoms with E-state index in [1.807, 2.05) is 25.1 Å². The quantitative estimate of drug-likeness (QED) is 0.285. The van der Waals surface area contributed by atoms with Crippen LogP contribution in [0, 0.1) is 6.92 Å². The van der Waals surface area contributed by atoms with E-state index in [2.05, 4.69) is 20.4 Å². The number of carbonyl (C=O) groups is 1. The molecule has 10 heteroatoms. The van der Waals surface area contributed by atoms with Gasteiger partial charge in [-0.15, -0.1) is 4.68 Å². The summed E-state index contributed by atoms with van der Waals surface area (Å²) in [5.41, 5.74) is 3.37. The van der Waals surface area contributed by atoms with Crippen molar-refractivity contribution in [3.63, 3.8) is 0 Å². The first-order valence-corrected chi connectivity index (χ1v) is 11.8. The Morgan fingerprint density at radius 2 is 1.82 bits per heavy atom. The van der Waals surface area contributed by atoms with Gasteiger partial charge >= 0.3 is 11.2 Å². The second kappa shape index (κ2) is 10.1. The molecule has 0 saturated carbocycles. The van der Waals surface area contributed by atoms with Gasteiger partial charge in [-0.3, -0.25) is 9.59 Å². The van der Waals surface area contributed by atoms with Gasteiger partial charge in [0.25, 0.3) is 0 Å². The third-order valence-electron chi connectivity index (χ3n) is 5.98. The first-order valence-electron chi connectivity index (χ1n) is 11.8. The average molecular weight is 512 g/mol. The summed E-state index contributed by atoms with van der Waals surface area (Å²) in [6, 6.07) is 18.0. The van der Waals surface area contributed by atoms with Crippen LogP contribution in [0.2, 0.25) is 0 Å². The third-order valence-corrected chi connectivity index (χ3v) is 5.98. The highest BCUT2D eigenvalue weighted by atomic mass is 16.5. The van der Waals surface area contributed by atoms with E-state index in [-0.39, 0.29) is 18.0 Å². The number of fused-ring (bicyclic) bond motifs is 3. The zero-order chi connectivity index (χ0) is 26.8. The van der Waals surface area contributed by atoms with Crippen LogP contribution >= 0.6 is 0 Å². The van der Waals surface area contributed by atoms with Crippen LogP contribution in [0.5, 0.6) is 11.5 Å². The minimum atomic E-state index is -0.638. The predicted molar refractivity (Wildman–Crippen MR) is 146 cm³/mol. The monoisotopic (exact) mass is 511 g/mol. The average Bonchev–Trinajstić information content (AvgIpc) is 3.25. The van der Waals surface area contributed by atoms with Gasteiger partial charge in [-0.25, -0.2) is 4.79 Å². The number of aryl methyl sites for hydroxylation is 1. The van der Waals surface area contributed by atoms with Gasteiger partial charge < -0.3 is 24.8 Å². The van der Waals surface area contributed by atoms with Crippen LogP contribution < -0.4 is 26.0 Å². The Morgan fingerprint density at radius 3 is 2.55 bits per heavy atom. The maximum Gasteiger partial charge on any atom is 0.350 e. The molecule has 0 aliphatic carbocycles. The lowest BCUT2D eigenvalue weighted by Crippen LogP contribution is -2.32. The lowest BCUT2D eigenvalue weighted by Gasteiger charge is -2.11. The molecule has 1 amide bonds. The number of ether oxygens (including phenoxy) is 2. The van der Waals surface area contributed by atoms with Crippen molar-refractivity contribution in [3.05, 3.63) is 98.2 Å². The van der Waals surface area contributed by atoms with Crippen LogP contribution in [-0.4, -0.2) is 33.9 Å². The highest BCUT2D eigenvalue weighted by molar-refractivity contribution is 6.04. The molecule has 10 nitrogen and oxygen atoms in total. The van der Waals surface area contributed by atoms with Gasteiger partial charge in [-0.05, 0) is 67.1 Å². The minimum absolute atomic E-state index is 0.150. The molecule has 2 heterocycles. The first-order chi connectivity index (χ1) is 18.3. The lowest BCUT2D eigenvalue weighted by atomic mass is 10.1. The van der Waals surface area contributed by atoms with Crippen molar-refractivity contribution in [3.8, 4) is 11.5 Å². The summed E-state index contributed by atoms with van der Waals surface area (Å²) in [7, 11) is 1.56. The number of H-pyrrole nitrogens is 2. The molecule has 0 aliphatic heterocycles. The van der Waals surface area contributed by atoms with E-state index in [1.165, 1.54) is 13.1 Å². The van der Waals surface area contributed by atoms with Crippen LogP contribution in [0.25, 0.3) is 21.9 Å². The maximum atomic E-state index is 13.1. The number of aromatic nitrogens is 3. The van der Waals surface area contributed by atoms with Gasteiger partial charge in [-0.1, -0.05) is 11.6 Å². The summed E-state index contributed by atoms with van der Waals surface area (Å²) < 4.78 is 12.1. The number of aromatic amines is 2. The molecule has 38 heavy (non-hydrogen) atoms. The molecule has 5 rings (SSSR count). The Bertz CT molecular complexity index is 1810. The Labute approximate surface area is 216 Å². The molecule has 5 aromatic rings. The van der Waals surface area contributed by atoms with Crippen LogP contribution in [0.4, 0.5) is 5.69 Å². The van der Waals surface area contributed by atoms with Crippen molar-refractivity contribution in [2.45, 2.75) is 20.5 Å². The van der Waals surface area contributed by atoms with E-state index in [0.29, 0.717) is 28.3 Å². The Balaban J connectivity index is 1.40. The van der Waals surface area contributed by atoms with E-state index in [1.54, 1.807) is 49.6 Å². The van der Waals surface area contributed by atoms with Crippen LogP contribution in [0.1, 0.15) is 23.6 Å². The smallest absolute Gasteiger partial charge is 0.350 e. The third kappa shape index (κ3) is 4.92. The zero-order valence-electron chi connectivity index (χ0n) is 21.0. The second-order valence-electron chi connectivity index (χ2n) is 8.78. The van der Waals surface area contributed by atoms with Gasteiger partial charge in [0.1, 0.15) is 23.6 Å². The second-order valence-corrected chi connectivity index (χ2v) is 8.78. The fourth-order valence-corrected chi connectivity index (χ4v) is 4.17. The molecule has 3 N–H and O–H groups in total. The molecular formula is C28H25N5O5. The highest BCUT2D eigenvalue weighted by Gasteiger charge is 2.13. The minimum Gasteiger partial charge on any atom is -0.496 e. The molecule has 2 aromatic heterocycles. The van der Waals surface area contributed by atoms with Crippen LogP contribution in [0.3, 0.4) is 0 Å². The van der Waals surface area contributed by atoms with Gasteiger partial charge in [-0.2, -0.15) is 5.10 Å². The molecule has 0 saturated heterocycles. The summed E-state index contributed by atoms with van der Waals surface area (Å²) in [6.45, 7) is 3.59. The zero-order valence-corrected chi connectivity index (χ0v) is 21.0. The van der Waals surface area contributed by atoms with E-state index >= 15 is 0 Å². The summed E-state index contributed by atoms with van der Waals surface area (Å²) in [6.07, 6.45) is 1.43. The SMILES string of the molecule is COc1ccc(C=Nn2c(=O)[nH]c3c([nH]c4ccc(C)cc43)c2=O)cc1COc1ccc(NC(C)=O)cc1. The topological polar surface area (TPSA) is 131 Å². The van der Waals surface area contributed by atoms with E-state index in [0.717, 1.165) is 26.7 Å². The number of carbonyl (C=O) groups excluding carboxylic acids is 1. The lowest BCUT2D eigenvalue weighted by molar-refractivity contribution is -0.114. The molecule has 0 bridgehead atoms. The summed E-state index contributed by atoms with van der Waals surface area (Å²) in [5.74, 6) is 1.07. The molecule has 0 atom stereocenters. The number of amides is 1. The summed E-state index contributed by atoms with van der Waals surface area (Å²) in [5, 5.41) is 7.64. The normalized spacial score (nSPS) is 11.3. The Hall–Kier alpha value is -5.12. The van der Waals surface area contributed by atoms with E-state index in [4.69, 9.17) is 9.47 Å². The number of hydrogen-bond donors (Lipinski definition) is 3. The predicted octanol–water partition coefficient (Wildman–Crippen LogP) is 3.91. The largest absolute Gasteiger partial charge is 0.496 e. The van der Waals surface area contributed by atoms with Crippen LogP contribution in [0.15, 0.2) is 75.4 Å². The number of benzene rings is 3. The summed E-state index contributed by atoms with van der Waals surface area (Å²) in [4.78, 5) is 42.8. The van der Waals surface area contributed by atoms with Gasteiger partial charge in [0, 0.05) is 29.1 Å². The number of anilines is 1. The van der Waals surface area contributed by atoms with E-state index in [9.17, 15) is 14.4 Å². The van der Waals surface area contributed by atoms with Crippen molar-refractivity contribution in [2.24, 2.45) is 5.10 Å². The molecule has 0 fully saturated rings. The van der Waals surface area contributed by atoms with Gasteiger partial charge in [0.15, 0.2) is 0 Å². The van der Waals surface area contributed by atoms with Crippen molar-refractivity contribution < 1.29 is 14.3 Å². The van der Waals surface area contributed by atoms with E-state index < -0.39 is 11.2 Å². The number of nitrogens with zero attached hydrogens (tertiary/aromatic N) is 2. The molecule has 0 spiro atoms. The fraction of sp³-hybridized carbons (Fsp3) is 0.143. The summed E-state index contributed by atoms with van der Waals surface area (Å²) >= 11 is 0. The molecular weight excluding hydrogens is 486 g/mol.